The van der Waals surface area contributed by atoms with E-state index in [9.17, 15) is 8.42 Å². The molecule has 0 spiro atoms. The Kier molecular flexibility index (Phi) is 1.87. The lowest BCUT2D eigenvalue weighted by atomic mass is 10.1. The quantitative estimate of drug-likeness (QED) is 0.380. The van der Waals surface area contributed by atoms with Crippen LogP contribution in [0, 0.1) is 0 Å². The van der Waals surface area contributed by atoms with Gasteiger partial charge >= 0.3 is 0 Å². The lowest BCUT2D eigenvalue weighted by molar-refractivity contribution is 0.627. The van der Waals surface area contributed by atoms with Gasteiger partial charge in [0, 0.05) is 0 Å². The first-order valence-corrected chi connectivity index (χ1v) is 3.79. The average Bonchev–Trinajstić information content (AvgIpc) is 1.88. The fourth-order valence-corrected chi connectivity index (χ4v) is 1.14. The molecule has 0 aromatic carbocycles. The molecule has 10 heavy (non-hydrogen) atoms. The standard InChI is InChI=1S/C7H6O2S/c1-6-4-2-3-5-7(6)10(8)9/h2-5H,1H2. The second kappa shape index (κ2) is 2.66. The van der Waals surface area contributed by atoms with Gasteiger partial charge in [0.15, 0.2) is 0 Å². The molecule has 1 aliphatic rings. The predicted octanol–water partition coefficient (Wildman–Crippen LogP) is 0.720. The molecule has 0 unspecified atom stereocenters. The summed E-state index contributed by atoms with van der Waals surface area (Å²) in [5.41, 5.74) is 0.538. The Balaban J connectivity index is 3.28. The topological polar surface area (TPSA) is 34.1 Å². The van der Waals surface area contributed by atoms with Crippen LogP contribution in [0.2, 0.25) is 0 Å². The highest BCUT2D eigenvalue weighted by molar-refractivity contribution is 7.73. The highest BCUT2D eigenvalue weighted by Gasteiger charge is 2.00. The Bertz CT molecular complexity index is 334. The Morgan fingerprint density at radius 1 is 1.20 bits per heavy atom. The van der Waals surface area contributed by atoms with Crippen molar-refractivity contribution in [3.63, 3.8) is 0 Å². The van der Waals surface area contributed by atoms with Gasteiger partial charge in [-0.3, -0.25) is 0 Å². The molecule has 1 aliphatic carbocycles. The summed E-state index contributed by atoms with van der Waals surface area (Å²) in [6, 6.07) is 0. The van der Waals surface area contributed by atoms with Crippen LogP contribution in [0.25, 0.3) is 0 Å². The highest BCUT2D eigenvalue weighted by Crippen LogP contribution is 2.03. The van der Waals surface area contributed by atoms with Gasteiger partial charge in [-0.25, -0.2) is 0 Å². The van der Waals surface area contributed by atoms with Crippen molar-refractivity contribution >= 4 is 15.2 Å². The molecule has 3 heteroatoms. The summed E-state index contributed by atoms with van der Waals surface area (Å²) in [4.78, 5) is 0.266. The average molecular weight is 154 g/mol. The van der Waals surface area contributed by atoms with Crippen LogP contribution in [0.4, 0.5) is 0 Å². The summed E-state index contributed by atoms with van der Waals surface area (Å²) in [5.74, 6) is 0. The van der Waals surface area contributed by atoms with Crippen molar-refractivity contribution in [3.8, 4) is 0 Å². The van der Waals surface area contributed by atoms with E-state index in [1.807, 2.05) is 0 Å². The Morgan fingerprint density at radius 2 is 1.80 bits per heavy atom. The van der Waals surface area contributed by atoms with Crippen LogP contribution in [0.15, 0.2) is 36.5 Å². The number of hydrogen-bond acceptors (Lipinski definition) is 2. The van der Waals surface area contributed by atoms with E-state index in [0.29, 0.717) is 5.57 Å². The van der Waals surface area contributed by atoms with Crippen LogP contribution in [0.5, 0.6) is 0 Å². The van der Waals surface area contributed by atoms with Crippen molar-refractivity contribution in [2.24, 2.45) is 0 Å². The van der Waals surface area contributed by atoms with E-state index in [1.54, 1.807) is 18.2 Å². The summed E-state index contributed by atoms with van der Waals surface area (Å²) in [6.07, 6.45) is 6.59. The monoisotopic (exact) mass is 154 g/mol. The number of rotatable bonds is 0. The molecular weight excluding hydrogens is 148 g/mol. The molecule has 0 aromatic rings. The fourth-order valence-electron chi connectivity index (χ4n) is 0.666. The van der Waals surface area contributed by atoms with E-state index in [2.05, 4.69) is 6.58 Å². The maximum atomic E-state index is 10.4. The van der Waals surface area contributed by atoms with Crippen molar-refractivity contribution < 1.29 is 8.42 Å². The van der Waals surface area contributed by atoms with E-state index in [0.717, 1.165) is 0 Å². The maximum absolute atomic E-state index is 10.4. The van der Waals surface area contributed by atoms with Gasteiger partial charge < -0.3 is 0 Å². The van der Waals surface area contributed by atoms with E-state index >= 15 is 0 Å². The second-order valence-corrected chi connectivity index (χ2v) is 2.75. The zero-order valence-electron chi connectivity index (χ0n) is 5.24. The zero-order chi connectivity index (χ0) is 7.56. The first kappa shape index (κ1) is 7.02. The van der Waals surface area contributed by atoms with Crippen LogP contribution >= 0.6 is 0 Å². The molecule has 2 nitrogen and oxygen atoms in total. The summed E-state index contributed by atoms with van der Waals surface area (Å²) < 4.78 is 20.8. The molecule has 0 aliphatic heterocycles. The molecule has 0 bridgehead atoms. The van der Waals surface area contributed by atoms with Crippen molar-refractivity contribution in [2.75, 3.05) is 0 Å². The van der Waals surface area contributed by atoms with Gasteiger partial charge in [0.1, 0.15) is 4.86 Å². The Morgan fingerprint density at radius 3 is 2.20 bits per heavy atom. The van der Waals surface area contributed by atoms with Crippen LogP contribution < -0.4 is 0 Å². The molecule has 0 N–H and O–H groups in total. The van der Waals surface area contributed by atoms with Gasteiger partial charge in [-0.2, -0.15) is 8.42 Å². The molecule has 0 heterocycles. The first-order chi connectivity index (χ1) is 4.72. The smallest absolute Gasteiger partial charge is 0.184 e. The Hall–Kier alpha value is -1.09. The van der Waals surface area contributed by atoms with E-state index in [4.69, 9.17) is 0 Å². The van der Waals surface area contributed by atoms with Gasteiger partial charge in [-0.05, 0) is 11.6 Å². The molecule has 0 amide bonds. The third kappa shape index (κ3) is 1.25. The van der Waals surface area contributed by atoms with E-state index in [-0.39, 0.29) is 4.86 Å². The minimum absolute atomic E-state index is 0.266. The highest BCUT2D eigenvalue weighted by atomic mass is 32.2. The van der Waals surface area contributed by atoms with E-state index in [1.165, 1.54) is 6.08 Å². The van der Waals surface area contributed by atoms with Crippen molar-refractivity contribution in [2.45, 2.75) is 0 Å². The molecule has 0 saturated heterocycles. The predicted molar refractivity (Wildman–Crippen MR) is 41.3 cm³/mol. The molecule has 0 saturated carbocycles. The van der Waals surface area contributed by atoms with Gasteiger partial charge in [0.25, 0.3) is 0 Å². The Labute approximate surface area is 60.7 Å². The van der Waals surface area contributed by atoms with Crippen LogP contribution in [-0.4, -0.2) is 13.3 Å². The third-order valence-corrected chi connectivity index (χ3v) is 1.91. The second-order valence-electron chi connectivity index (χ2n) is 1.84. The molecule has 0 atom stereocenters. The van der Waals surface area contributed by atoms with Crippen molar-refractivity contribution in [3.05, 3.63) is 36.5 Å². The van der Waals surface area contributed by atoms with Gasteiger partial charge in [-0.15, -0.1) is 0 Å². The van der Waals surface area contributed by atoms with Crippen molar-refractivity contribution in [1.82, 2.24) is 0 Å². The minimum atomic E-state index is -2.15. The minimum Gasteiger partial charge on any atom is -0.184 e. The lowest BCUT2D eigenvalue weighted by Gasteiger charge is -1.97. The lowest BCUT2D eigenvalue weighted by Crippen LogP contribution is -1.98. The normalized spacial score (nSPS) is 16.0. The molecule has 1 rings (SSSR count). The van der Waals surface area contributed by atoms with Gasteiger partial charge in [-0.1, -0.05) is 24.8 Å². The van der Waals surface area contributed by atoms with Crippen LogP contribution in [-0.2, 0) is 10.3 Å². The summed E-state index contributed by atoms with van der Waals surface area (Å²) >= 11 is 0. The molecular formula is C7H6O2S. The summed E-state index contributed by atoms with van der Waals surface area (Å²) in [7, 11) is -2.15. The SMILES string of the molecule is C=C1C=CC=CC1=S(=O)=O. The zero-order valence-corrected chi connectivity index (χ0v) is 6.06. The molecule has 0 fully saturated rings. The van der Waals surface area contributed by atoms with Crippen LogP contribution in [0.1, 0.15) is 0 Å². The molecule has 0 radical (unpaired) electrons. The van der Waals surface area contributed by atoms with E-state index < -0.39 is 10.3 Å². The van der Waals surface area contributed by atoms with Gasteiger partial charge in [0.05, 0.1) is 0 Å². The summed E-state index contributed by atoms with van der Waals surface area (Å²) in [6.45, 7) is 3.55. The molecule has 52 valence electrons. The first-order valence-electron chi connectivity index (χ1n) is 2.72. The number of hydrogen-bond donors (Lipinski definition) is 0. The van der Waals surface area contributed by atoms with Crippen molar-refractivity contribution in [1.29, 1.82) is 0 Å². The fraction of sp³-hybridized carbons (Fsp3) is 0. The third-order valence-electron chi connectivity index (χ3n) is 1.15. The summed E-state index contributed by atoms with van der Waals surface area (Å²) in [5, 5.41) is 0. The molecule has 0 aromatic heterocycles. The number of allylic oxidation sites excluding steroid dienone is 5. The largest absolute Gasteiger partial charge is 0.222 e. The van der Waals surface area contributed by atoms with Crippen LogP contribution in [0.3, 0.4) is 0 Å². The maximum Gasteiger partial charge on any atom is 0.222 e. The van der Waals surface area contributed by atoms with Gasteiger partial charge in [0.2, 0.25) is 10.3 Å².